The molecular formula is C15H18F6N2O3. The van der Waals surface area contributed by atoms with E-state index in [0.717, 1.165) is 11.6 Å². The van der Waals surface area contributed by atoms with E-state index in [0.29, 0.717) is 19.8 Å². The van der Waals surface area contributed by atoms with E-state index in [1.54, 1.807) is 0 Å². The molecule has 0 unspecified atom stereocenters. The van der Waals surface area contributed by atoms with Gasteiger partial charge in [-0.15, -0.1) is 0 Å². The fourth-order valence-corrected chi connectivity index (χ4v) is 2.94. The Hall–Kier alpha value is -1.75. The van der Waals surface area contributed by atoms with Crippen LogP contribution in [0.5, 0.6) is 0 Å². The molecule has 1 atom stereocenters. The topological polar surface area (TPSA) is 54.7 Å². The molecule has 1 aliphatic rings. The van der Waals surface area contributed by atoms with E-state index < -0.39 is 43.1 Å². The van der Waals surface area contributed by atoms with Gasteiger partial charge in [-0.1, -0.05) is 0 Å². The first-order valence-corrected chi connectivity index (χ1v) is 7.78. The summed E-state index contributed by atoms with van der Waals surface area (Å²) < 4.78 is 92.6. The number of carbonyl (C=O) groups excluding carboxylic acids is 1. The maximum Gasteiger partial charge on any atom is 0.434 e. The van der Waals surface area contributed by atoms with Gasteiger partial charge in [0, 0.05) is 20.1 Å². The van der Waals surface area contributed by atoms with Gasteiger partial charge in [-0.25, -0.2) is 0 Å². The molecule has 5 nitrogen and oxygen atoms in total. The molecule has 1 saturated heterocycles. The Morgan fingerprint density at radius 2 is 1.92 bits per heavy atom. The third-order valence-electron chi connectivity index (χ3n) is 4.03. The van der Waals surface area contributed by atoms with Gasteiger partial charge in [0.15, 0.2) is 0 Å². The number of ether oxygens (including phenoxy) is 1. The third-order valence-corrected chi connectivity index (χ3v) is 4.03. The smallest absolute Gasteiger partial charge is 0.434 e. The Balaban J connectivity index is 2.51. The molecule has 1 fully saturated rings. The number of nitrogens with zero attached hydrogens (tertiary/aromatic N) is 1. The van der Waals surface area contributed by atoms with E-state index >= 15 is 0 Å². The van der Waals surface area contributed by atoms with Crippen LogP contribution < -0.4 is 5.32 Å². The van der Waals surface area contributed by atoms with Crippen LogP contribution in [0.2, 0.25) is 0 Å². The third kappa shape index (κ3) is 4.14. The second kappa shape index (κ2) is 7.47. The number of amides is 1. The molecule has 1 N–H and O–H groups in total. The summed E-state index contributed by atoms with van der Waals surface area (Å²) in [7, 11) is 0. The SMILES string of the molecule is CC(=O)NC(N(Cc1ccco1)C[C@H]1CCCO1)(C(F)(F)F)C(F)(F)F. The van der Waals surface area contributed by atoms with Crippen LogP contribution in [0.25, 0.3) is 0 Å². The standard InChI is InChI=1S/C15H18F6N2O3/c1-10(24)22-13(14(16,17)18,15(19,20)21)23(8-11-4-2-6-25-11)9-12-5-3-7-26-12/h2,4,6,12H,3,5,7-9H2,1H3,(H,22,24)/t12-/m1/s1. The van der Waals surface area contributed by atoms with Crippen LogP contribution in [0.1, 0.15) is 25.5 Å². The summed E-state index contributed by atoms with van der Waals surface area (Å²) in [6.45, 7) is -0.639. The molecule has 0 aromatic carbocycles. The predicted molar refractivity (Wildman–Crippen MR) is 76.7 cm³/mol. The van der Waals surface area contributed by atoms with Gasteiger partial charge in [0.2, 0.25) is 5.91 Å². The fraction of sp³-hybridized carbons (Fsp3) is 0.667. The number of furan rings is 1. The van der Waals surface area contributed by atoms with E-state index in [1.807, 2.05) is 0 Å². The van der Waals surface area contributed by atoms with Crippen molar-refractivity contribution in [3.63, 3.8) is 0 Å². The highest BCUT2D eigenvalue weighted by molar-refractivity contribution is 5.74. The molecule has 26 heavy (non-hydrogen) atoms. The molecule has 0 saturated carbocycles. The molecule has 0 radical (unpaired) electrons. The molecule has 0 aliphatic carbocycles. The lowest BCUT2D eigenvalue weighted by Gasteiger charge is -2.45. The molecule has 11 heteroatoms. The van der Waals surface area contributed by atoms with E-state index in [4.69, 9.17) is 9.15 Å². The first-order chi connectivity index (χ1) is 12.0. The van der Waals surface area contributed by atoms with Gasteiger partial charge in [0.05, 0.1) is 18.9 Å². The molecule has 1 aliphatic heterocycles. The number of halogens is 6. The van der Waals surface area contributed by atoms with Crippen molar-refractivity contribution in [3.8, 4) is 0 Å². The summed E-state index contributed by atoms with van der Waals surface area (Å²) in [5.74, 6) is -1.57. The van der Waals surface area contributed by atoms with Gasteiger partial charge >= 0.3 is 12.4 Å². The van der Waals surface area contributed by atoms with Gasteiger partial charge in [-0.2, -0.15) is 26.3 Å². The van der Waals surface area contributed by atoms with Crippen molar-refractivity contribution in [3.05, 3.63) is 24.2 Å². The molecule has 2 heterocycles. The molecule has 1 aromatic rings. The van der Waals surface area contributed by atoms with Gasteiger partial charge in [0.1, 0.15) is 5.76 Å². The highest BCUT2D eigenvalue weighted by Gasteiger charge is 2.75. The number of rotatable bonds is 6. The minimum absolute atomic E-state index is 0.105. The lowest BCUT2D eigenvalue weighted by atomic mass is 10.0. The van der Waals surface area contributed by atoms with Crippen LogP contribution in [0.15, 0.2) is 22.8 Å². The van der Waals surface area contributed by atoms with Crippen molar-refractivity contribution in [2.24, 2.45) is 0 Å². The van der Waals surface area contributed by atoms with Crippen LogP contribution in [-0.4, -0.2) is 48.1 Å². The van der Waals surface area contributed by atoms with Crippen molar-refractivity contribution in [1.29, 1.82) is 0 Å². The van der Waals surface area contributed by atoms with Crippen molar-refractivity contribution >= 4 is 5.91 Å². The van der Waals surface area contributed by atoms with E-state index in [2.05, 4.69) is 0 Å². The second-order valence-corrected chi connectivity index (χ2v) is 5.98. The summed E-state index contributed by atoms with van der Waals surface area (Å²) in [4.78, 5) is 11.4. The first-order valence-electron chi connectivity index (χ1n) is 7.78. The summed E-state index contributed by atoms with van der Waals surface area (Å²) in [6.07, 6.45) is -10.5. The maximum absolute atomic E-state index is 13.7. The summed E-state index contributed by atoms with van der Waals surface area (Å²) in [5.41, 5.74) is -4.56. The zero-order valence-electron chi connectivity index (χ0n) is 13.8. The molecular weight excluding hydrogens is 370 g/mol. The second-order valence-electron chi connectivity index (χ2n) is 5.98. The van der Waals surface area contributed by atoms with E-state index in [-0.39, 0.29) is 17.3 Å². The lowest BCUT2D eigenvalue weighted by Crippen LogP contribution is -2.76. The molecule has 1 aromatic heterocycles. The Morgan fingerprint density at radius 3 is 2.35 bits per heavy atom. The van der Waals surface area contributed by atoms with Crippen LogP contribution >= 0.6 is 0 Å². The van der Waals surface area contributed by atoms with Crippen molar-refractivity contribution < 1.29 is 40.3 Å². The van der Waals surface area contributed by atoms with Crippen LogP contribution in [0, 0.1) is 0 Å². The van der Waals surface area contributed by atoms with E-state index in [9.17, 15) is 31.1 Å². The summed E-state index contributed by atoms with van der Waals surface area (Å²) in [5, 5.41) is 1.10. The van der Waals surface area contributed by atoms with Gasteiger partial charge in [0.25, 0.3) is 5.66 Å². The Kier molecular flexibility index (Phi) is 5.91. The average Bonchev–Trinajstić information content (AvgIpc) is 3.14. The Labute approximate surface area is 145 Å². The zero-order chi connectivity index (χ0) is 19.6. The van der Waals surface area contributed by atoms with Crippen molar-refractivity contribution in [2.45, 2.75) is 50.4 Å². The molecule has 148 valence electrons. The highest BCUT2D eigenvalue weighted by atomic mass is 19.4. The van der Waals surface area contributed by atoms with Crippen LogP contribution in [0.3, 0.4) is 0 Å². The minimum atomic E-state index is -5.83. The molecule has 2 rings (SSSR count). The van der Waals surface area contributed by atoms with Gasteiger partial charge in [-0.05, 0) is 25.0 Å². The Morgan fingerprint density at radius 1 is 1.27 bits per heavy atom. The molecule has 1 amide bonds. The quantitative estimate of drug-likeness (QED) is 0.601. The monoisotopic (exact) mass is 388 g/mol. The minimum Gasteiger partial charge on any atom is -0.468 e. The zero-order valence-corrected chi connectivity index (χ0v) is 13.8. The average molecular weight is 388 g/mol. The Bertz CT molecular complexity index is 580. The number of hydrogen-bond donors (Lipinski definition) is 1. The van der Waals surface area contributed by atoms with E-state index in [1.165, 1.54) is 12.1 Å². The molecule has 0 spiro atoms. The van der Waals surface area contributed by atoms with Crippen molar-refractivity contribution in [1.82, 2.24) is 10.2 Å². The fourth-order valence-electron chi connectivity index (χ4n) is 2.94. The first kappa shape index (κ1) is 20.6. The largest absolute Gasteiger partial charge is 0.468 e. The number of hydrogen-bond acceptors (Lipinski definition) is 4. The maximum atomic E-state index is 13.7. The lowest BCUT2D eigenvalue weighted by molar-refractivity contribution is -0.353. The molecule has 0 bridgehead atoms. The van der Waals surface area contributed by atoms with Crippen LogP contribution in [-0.2, 0) is 16.1 Å². The normalized spacial score (nSPS) is 19.2. The number of alkyl halides is 6. The predicted octanol–water partition coefficient (Wildman–Crippen LogP) is 3.22. The van der Waals surface area contributed by atoms with Crippen LogP contribution in [0.4, 0.5) is 26.3 Å². The van der Waals surface area contributed by atoms with Crippen molar-refractivity contribution in [2.75, 3.05) is 13.2 Å². The summed E-state index contributed by atoms with van der Waals surface area (Å²) >= 11 is 0. The summed E-state index contributed by atoms with van der Waals surface area (Å²) in [6, 6.07) is 2.61. The number of nitrogens with one attached hydrogen (secondary N) is 1. The van der Waals surface area contributed by atoms with Gasteiger partial charge in [-0.3, -0.25) is 9.69 Å². The number of carbonyl (C=O) groups is 1. The van der Waals surface area contributed by atoms with Gasteiger partial charge < -0.3 is 14.5 Å². The highest BCUT2D eigenvalue weighted by Crippen LogP contribution is 2.46.